The molecule has 0 saturated carbocycles. The molecule has 1 N–H and O–H groups in total. The van der Waals surface area contributed by atoms with Gasteiger partial charge in [-0.1, -0.05) is 48.5 Å². The van der Waals surface area contributed by atoms with Gasteiger partial charge in [0, 0.05) is 17.8 Å². The van der Waals surface area contributed by atoms with Crippen LogP contribution in [0.2, 0.25) is 0 Å². The Hall–Kier alpha value is -3.88. The molecule has 0 aliphatic carbocycles. The van der Waals surface area contributed by atoms with Gasteiger partial charge in [0.05, 0.1) is 24.8 Å². The van der Waals surface area contributed by atoms with E-state index in [-0.39, 0.29) is 31.2 Å². The zero-order valence-corrected chi connectivity index (χ0v) is 21.6. The summed E-state index contributed by atoms with van der Waals surface area (Å²) < 4.78 is 17.3. The van der Waals surface area contributed by atoms with Crippen molar-refractivity contribution in [3.63, 3.8) is 0 Å². The van der Waals surface area contributed by atoms with Crippen LogP contribution in [-0.2, 0) is 16.1 Å². The lowest BCUT2D eigenvalue weighted by molar-refractivity contribution is -0.0199. The molecule has 196 valence electrons. The van der Waals surface area contributed by atoms with Crippen molar-refractivity contribution in [3.8, 4) is 5.75 Å². The summed E-state index contributed by atoms with van der Waals surface area (Å²) >= 11 is 1.45. The maximum Gasteiger partial charge on any atom is 0.407 e. The molecule has 2 unspecified atom stereocenters. The Kier molecular flexibility index (Phi) is 8.21. The number of ether oxygens (including phenoxy) is 3. The van der Waals surface area contributed by atoms with Crippen LogP contribution < -0.4 is 4.74 Å². The quantitative estimate of drug-likeness (QED) is 0.205. The molecule has 0 spiro atoms. The van der Waals surface area contributed by atoms with E-state index in [0.717, 1.165) is 16.5 Å². The molecule has 4 aromatic rings. The van der Waals surface area contributed by atoms with E-state index in [2.05, 4.69) is 30.3 Å². The van der Waals surface area contributed by atoms with E-state index >= 15 is 0 Å². The van der Waals surface area contributed by atoms with E-state index < -0.39 is 6.09 Å². The number of likely N-dealkylation sites (tertiary alicyclic amines) is 1. The van der Waals surface area contributed by atoms with Crippen LogP contribution in [0.25, 0.3) is 10.8 Å². The van der Waals surface area contributed by atoms with Crippen molar-refractivity contribution in [3.05, 3.63) is 100 Å². The van der Waals surface area contributed by atoms with Crippen LogP contribution in [0.4, 0.5) is 4.79 Å². The van der Waals surface area contributed by atoms with Crippen molar-refractivity contribution < 1.29 is 28.9 Å². The number of hydrogen-bond donors (Lipinski definition) is 1. The first kappa shape index (κ1) is 25.8. The molecule has 5 rings (SSSR count). The Morgan fingerprint density at radius 3 is 2.55 bits per heavy atom. The van der Waals surface area contributed by atoms with Crippen LogP contribution in [-0.4, -0.2) is 54.5 Å². The van der Waals surface area contributed by atoms with Crippen molar-refractivity contribution >= 4 is 34.2 Å². The molecule has 0 radical (unpaired) electrons. The standard InChI is InChI=1S/C30H29NO6S/c32-29(25-12-16-38-20-25)36-15-14-35-26-9-7-23(8-10-26)27-11-13-31(30(33)34)18-28(27)37-19-21-5-6-22-3-1-2-4-24(22)17-21/h1-10,12,16-17,20,27-28H,11,13-15,18-19H2,(H,33,34). The number of carbonyl (C=O) groups excluding carboxylic acids is 1. The lowest BCUT2D eigenvalue weighted by atomic mass is 9.87. The minimum absolute atomic E-state index is 0.0617. The number of amides is 1. The number of nitrogens with zero attached hydrogens (tertiary/aromatic N) is 1. The smallest absolute Gasteiger partial charge is 0.407 e. The minimum atomic E-state index is -0.925. The van der Waals surface area contributed by atoms with Crippen molar-refractivity contribution in [2.75, 3.05) is 26.3 Å². The van der Waals surface area contributed by atoms with E-state index in [0.29, 0.717) is 37.4 Å². The van der Waals surface area contributed by atoms with Gasteiger partial charge in [-0.15, -0.1) is 0 Å². The van der Waals surface area contributed by atoms with Gasteiger partial charge >= 0.3 is 12.1 Å². The van der Waals surface area contributed by atoms with Gasteiger partial charge in [0.15, 0.2) is 0 Å². The predicted molar refractivity (Wildman–Crippen MR) is 146 cm³/mol. The second kappa shape index (κ2) is 12.1. The fraction of sp³-hybridized carbons (Fsp3) is 0.267. The van der Waals surface area contributed by atoms with Crippen LogP contribution in [0.15, 0.2) is 83.6 Å². The fourth-order valence-electron chi connectivity index (χ4n) is 4.74. The highest BCUT2D eigenvalue weighted by Crippen LogP contribution is 2.32. The van der Waals surface area contributed by atoms with E-state index in [1.807, 2.05) is 41.8 Å². The molecule has 38 heavy (non-hydrogen) atoms. The zero-order chi connectivity index (χ0) is 26.3. The molecular formula is C30H29NO6S. The number of piperidine rings is 1. The fourth-order valence-corrected chi connectivity index (χ4v) is 5.37. The Labute approximate surface area is 225 Å². The molecule has 1 aliphatic rings. The van der Waals surface area contributed by atoms with Gasteiger partial charge in [0.25, 0.3) is 0 Å². The van der Waals surface area contributed by atoms with Crippen LogP contribution in [0.1, 0.15) is 33.8 Å². The number of hydrogen-bond acceptors (Lipinski definition) is 6. The van der Waals surface area contributed by atoms with Crippen molar-refractivity contribution in [1.29, 1.82) is 0 Å². The molecule has 2 atom stereocenters. The average Bonchev–Trinajstić information content (AvgIpc) is 3.50. The Morgan fingerprint density at radius 2 is 1.79 bits per heavy atom. The number of rotatable bonds is 9. The highest BCUT2D eigenvalue weighted by Gasteiger charge is 2.33. The summed E-state index contributed by atoms with van der Waals surface area (Å²) in [5.74, 6) is 0.385. The summed E-state index contributed by atoms with van der Waals surface area (Å²) in [6.07, 6.45) is -0.520. The summed E-state index contributed by atoms with van der Waals surface area (Å²) in [7, 11) is 0. The van der Waals surface area contributed by atoms with Gasteiger partial charge < -0.3 is 24.2 Å². The van der Waals surface area contributed by atoms with Gasteiger partial charge in [-0.25, -0.2) is 9.59 Å². The van der Waals surface area contributed by atoms with E-state index in [1.165, 1.54) is 21.6 Å². The molecule has 1 fully saturated rings. The Morgan fingerprint density at radius 1 is 0.974 bits per heavy atom. The largest absolute Gasteiger partial charge is 0.490 e. The van der Waals surface area contributed by atoms with Gasteiger partial charge in [-0.3, -0.25) is 0 Å². The first-order valence-corrected chi connectivity index (χ1v) is 13.5. The minimum Gasteiger partial charge on any atom is -0.490 e. The molecule has 8 heteroatoms. The maximum absolute atomic E-state index is 11.9. The third-order valence-corrected chi connectivity index (χ3v) is 7.44. The second-order valence-electron chi connectivity index (χ2n) is 9.22. The number of carboxylic acid groups (broad SMARTS) is 1. The van der Waals surface area contributed by atoms with Crippen LogP contribution in [0.5, 0.6) is 5.75 Å². The molecule has 1 aromatic heterocycles. The van der Waals surface area contributed by atoms with Crippen molar-refractivity contribution in [1.82, 2.24) is 4.90 Å². The summed E-state index contributed by atoms with van der Waals surface area (Å²) in [5.41, 5.74) is 2.68. The molecule has 0 bridgehead atoms. The zero-order valence-electron chi connectivity index (χ0n) is 20.8. The number of thiophene rings is 1. The second-order valence-corrected chi connectivity index (χ2v) is 10.0. The Balaban J connectivity index is 1.19. The maximum atomic E-state index is 11.9. The monoisotopic (exact) mass is 531 g/mol. The molecule has 3 aromatic carbocycles. The van der Waals surface area contributed by atoms with Crippen molar-refractivity contribution in [2.24, 2.45) is 0 Å². The average molecular weight is 532 g/mol. The SMILES string of the molecule is O=C(OCCOc1ccc(C2CCN(C(=O)O)CC2OCc2ccc3ccccc3c2)cc1)c1ccsc1. The highest BCUT2D eigenvalue weighted by molar-refractivity contribution is 7.08. The summed E-state index contributed by atoms with van der Waals surface area (Å²) in [4.78, 5) is 25.0. The van der Waals surface area contributed by atoms with E-state index in [1.54, 1.807) is 11.4 Å². The molecular weight excluding hydrogens is 502 g/mol. The van der Waals surface area contributed by atoms with Gasteiger partial charge in [-0.05, 0) is 58.0 Å². The first-order chi connectivity index (χ1) is 18.6. The summed E-state index contributed by atoms with van der Waals surface area (Å²) in [5, 5.41) is 15.5. The van der Waals surface area contributed by atoms with Crippen molar-refractivity contribution in [2.45, 2.75) is 25.0 Å². The molecule has 2 heterocycles. The highest BCUT2D eigenvalue weighted by atomic mass is 32.1. The predicted octanol–water partition coefficient (Wildman–Crippen LogP) is 6.19. The van der Waals surface area contributed by atoms with Crippen LogP contribution in [0.3, 0.4) is 0 Å². The van der Waals surface area contributed by atoms with Gasteiger partial charge in [0.2, 0.25) is 0 Å². The van der Waals surface area contributed by atoms with Gasteiger partial charge in [0.1, 0.15) is 19.0 Å². The third kappa shape index (κ3) is 6.33. The summed E-state index contributed by atoms with van der Waals surface area (Å²) in [6.45, 7) is 1.61. The number of carbonyl (C=O) groups is 2. The topological polar surface area (TPSA) is 85.3 Å². The number of fused-ring (bicyclic) bond motifs is 1. The van der Waals surface area contributed by atoms with Crippen LogP contribution in [0, 0.1) is 0 Å². The molecule has 1 aliphatic heterocycles. The third-order valence-electron chi connectivity index (χ3n) is 6.76. The number of benzene rings is 3. The van der Waals surface area contributed by atoms with E-state index in [4.69, 9.17) is 14.2 Å². The number of esters is 1. The summed E-state index contributed by atoms with van der Waals surface area (Å²) in [6, 6.07) is 23.9. The molecule has 1 saturated heterocycles. The lowest BCUT2D eigenvalue weighted by Crippen LogP contribution is -2.46. The van der Waals surface area contributed by atoms with E-state index in [9.17, 15) is 14.7 Å². The van der Waals surface area contributed by atoms with Gasteiger partial charge in [-0.2, -0.15) is 11.3 Å². The lowest BCUT2D eigenvalue weighted by Gasteiger charge is -2.37. The molecule has 7 nitrogen and oxygen atoms in total. The first-order valence-electron chi connectivity index (χ1n) is 12.6. The molecule has 1 amide bonds. The Bertz CT molecular complexity index is 1370. The normalized spacial score (nSPS) is 17.3. The van der Waals surface area contributed by atoms with Crippen LogP contribution >= 0.6 is 11.3 Å².